The van der Waals surface area contributed by atoms with Crippen LogP contribution in [0.3, 0.4) is 0 Å². The van der Waals surface area contributed by atoms with Crippen LogP contribution in [0.4, 0.5) is 13.2 Å². The van der Waals surface area contributed by atoms with Gasteiger partial charge in [0.2, 0.25) is 0 Å². The van der Waals surface area contributed by atoms with Gasteiger partial charge in [0, 0.05) is 13.1 Å². The minimum atomic E-state index is -4.24. The molecule has 0 saturated heterocycles. The molecule has 5 heteroatoms. The topological polar surface area (TPSA) is 15.3 Å². The molecule has 1 heterocycles. The molecule has 0 radical (unpaired) electrons. The van der Waals surface area contributed by atoms with E-state index in [1.807, 2.05) is 0 Å². The summed E-state index contributed by atoms with van der Waals surface area (Å²) in [7, 11) is 1.35. The van der Waals surface area contributed by atoms with Crippen LogP contribution in [0.15, 0.2) is 11.8 Å². The number of halogens is 3. The van der Waals surface area contributed by atoms with E-state index in [0.29, 0.717) is 0 Å². The largest absolute Gasteiger partial charge is 0.432 e. The van der Waals surface area contributed by atoms with Crippen LogP contribution in [0.5, 0.6) is 0 Å². The van der Waals surface area contributed by atoms with E-state index in [2.05, 4.69) is 5.43 Å². The zero-order valence-electron chi connectivity index (χ0n) is 6.24. The molecule has 11 heavy (non-hydrogen) atoms. The van der Waals surface area contributed by atoms with Crippen molar-refractivity contribution in [3.63, 3.8) is 0 Å². The van der Waals surface area contributed by atoms with E-state index in [9.17, 15) is 13.2 Å². The third-order valence-electron chi connectivity index (χ3n) is 1.46. The molecule has 1 unspecified atom stereocenters. The van der Waals surface area contributed by atoms with Crippen LogP contribution in [-0.2, 0) is 0 Å². The van der Waals surface area contributed by atoms with Crippen LogP contribution in [0.2, 0.25) is 0 Å². The van der Waals surface area contributed by atoms with Crippen molar-refractivity contribution < 1.29 is 13.2 Å². The van der Waals surface area contributed by atoms with E-state index in [0.717, 1.165) is 11.1 Å². The predicted molar refractivity (Wildman–Crippen MR) is 34.5 cm³/mol. The van der Waals surface area contributed by atoms with Gasteiger partial charge in [-0.15, -0.1) is 0 Å². The number of rotatable bonds is 0. The zero-order chi connectivity index (χ0) is 8.65. The second-order valence-electron chi connectivity index (χ2n) is 2.53. The third kappa shape index (κ3) is 1.65. The Bertz CT molecular complexity index is 185. The lowest BCUT2D eigenvalue weighted by atomic mass is 10.3. The van der Waals surface area contributed by atoms with E-state index >= 15 is 0 Å². The first-order valence-electron chi connectivity index (χ1n) is 3.20. The van der Waals surface area contributed by atoms with Gasteiger partial charge in [-0.1, -0.05) is 0 Å². The fourth-order valence-corrected chi connectivity index (χ4v) is 1.05. The molecule has 0 bridgehead atoms. The molecular weight excluding hydrogens is 157 g/mol. The van der Waals surface area contributed by atoms with E-state index < -0.39 is 11.9 Å². The summed E-state index contributed by atoms with van der Waals surface area (Å²) in [6, 6.07) is -0.239. The highest BCUT2D eigenvalue weighted by Gasteiger charge is 2.39. The number of allylic oxidation sites excluding steroid dienone is 1. The molecule has 1 N–H and O–H groups in total. The highest BCUT2D eigenvalue weighted by molar-refractivity contribution is 5.14. The fourth-order valence-electron chi connectivity index (χ4n) is 1.05. The van der Waals surface area contributed by atoms with Gasteiger partial charge in [0.25, 0.3) is 0 Å². The van der Waals surface area contributed by atoms with Crippen molar-refractivity contribution in [2.24, 2.45) is 0 Å². The van der Waals surface area contributed by atoms with Crippen LogP contribution < -0.4 is 5.43 Å². The van der Waals surface area contributed by atoms with Crippen molar-refractivity contribution in [1.29, 1.82) is 0 Å². The molecular formula is C6H9F3N2. The molecule has 0 aromatic heterocycles. The van der Waals surface area contributed by atoms with Gasteiger partial charge in [-0.05, 0) is 13.0 Å². The number of alkyl halides is 3. The molecule has 1 rings (SSSR count). The minimum Gasteiger partial charge on any atom is -0.307 e. The molecule has 0 aromatic rings. The Kier molecular flexibility index (Phi) is 1.83. The maximum atomic E-state index is 12.0. The van der Waals surface area contributed by atoms with Crippen LogP contribution in [0, 0.1) is 0 Å². The molecule has 64 valence electrons. The Hall–Kier alpha value is -0.710. The van der Waals surface area contributed by atoms with E-state index in [1.54, 1.807) is 6.92 Å². The molecule has 1 aliphatic rings. The highest BCUT2D eigenvalue weighted by atomic mass is 19.4. The average molecular weight is 166 g/mol. The molecule has 1 aliphatic heterocycles. The van der Waals surface area contributed by atoms with Gasteiger partial charge < -0.3 is 5.01 Å². The lowest BCUT2D eigenvalue weighted by Gasteiger charge is -2.18. The monoisotopic (exact) mass is 166 g/mol. The second kappa shape index (κ2) is 2.41. The van der Waals surface area contributed by atoms with Gasteiger partial charge >= 0.3 is 6.18 Å². The number of nitrogens with zero attached hydrogens (tertiary/aromatic N) is 1. The van der Waals surface area contributed by atoms with Crippen molar-refractivity contribution in [1.82, 2.24) is 10.4 Å². The van der Waals surface area contributed by atoms with Gasteiger partial charge in [-0.25, -0.2) is 5.43 Å². The number of hydrogen-bond acceptors (Lipinski definition) is 2. The predicted octanol–water partition coefficient (Wildman–Crippen LogP) is 1.27. The number of hydrazine groups is 1. The Morgan fingerprint density at radius 3 is 2.27 bits per heavy atom. The molecule has 0 saturated carbocycles. The molecule has 0 aromatic carbocycles. The quantitative estimate of drug-likeness (QED) is 0.583. The SMILES string of the molecule is CC1C=C(C(F)(F)F)N(C)N1. The number of hydrogen-bond donors (Lipinski definition) is 1. The number of nitrogens with one attached hydrogen (secondary N) is 1. The summed E-state index contributed by atoms with van der Waals surface area (Å²) < 4.78 is 36.1. The molecule has 1 atom stereocenters. The van der Waals surface area contributed by atoms with Crippen molar-refractivity contribution >= 4 is 0 Å². The molecule has 0 amide bonds. The van der Waals surface area contributed by atoms with Gasteiger partial charge in [0.15, 0.2) is 0 Å². The normalized spacial score (nSPS) is 25.7. The summed E-state index contributed by atoms with van der Waals surface area (Å²) in [5.74, 6) is 0. The van der Waals surface area contributed by atoms with Crippen molar-refractivity contribution in [2.45, 2.75) is 19.1 Å². The molecule has 2 nitrogen and oxygen atoms in total. The van der Waals surface area contributed by atoms with E-state index in [-0.39, 0.29) is 6.04 Å². The van der Waals surface area contributed by atoms with E-state index in [4.69, 9.17) is 0 Å². The van der Waals surface area contributed by atoms with Gasteiger partial charge in [-0.2, -0.15) is 13.2 Å². The van der Waals surface area contributed by atoms with Gasteiger partial charge in [0.1, 0.15) is 5.70 Å². The summed E-state index contributed by atoms with van der Waals surface area (Å²) in [5.41, 5.74) is 1.97. The Morgan fingerprint density at radius 1 is 1.55 bits per heavy atom. The Balaban J connectivity index is 2.80. The first-order valence-corrected chi connectivity index (χ1v) is 3.20. The lowest BCUT2D eigenvalue weighted by molar-refractivity contribution is -0.110. The molecule has 0 fully saturated rings. The fraction of sp³-hybridized carbons (Fsp3) is 0.667. The summed E-state index contributed by atoms with van der Waals surface area (Å²) in [4.78, 5) is 0. The Morgan fingerprint density at radius 2 is 2.09 bits per heavy atom. The first-order chi connectivity index (χ1) is 4.91. The van der Waals surface area contributed by atoms with Crippen LogP contribution >= 0.6 is 0 Å². The molecule has 0 aliphatic carbocycles. The van der Waals surface area contributed by atoms with Gasteiger partial charge in [0.05, 0.1) is 0 Å². The summed E-state index contributed by atoms with van der Waals surface area (Å²) in [5, 5.41) is 0.991. The smallest absolute Gasteiger partial charge is 0.307 e. The summed E-state index contributed by atoms with van der Waals surface area (Å²) in [6.07, 6.45) is -3.09. The maximum absolute atomic E-state index is 12.0. The third-order valence-corrected chi connectivity index (χ3v) is 1.46. The standard InChI is InChI=1S/C6H9F3N2/c1-4-3-5(6(7,8)9)11(2)10-4/h3-4,10H,1-2H3. The van der Waals surface area contributed by atoms with Crippen molar-refractivity contribution in [2.75, 3.05) is 7.05 Å². The minimum absolute atomic E-state index is 0.239. The van der Waals surface area contributed by atoms with Crippen molar-refractivity contribution in [3.8, 4) is 0 Å². The van der Waals surface area contributed by atoms with Crippen LogP contribution in [-0.4, -0.2) is 24.3 Å². The molecule has 0 spiro atoms. The van der Waals surface area contributed by atoms with Crippen LogP contribution in [0.1, 0.15) is 6.92 Å². The Labute approximate surface area is 62.6 Å². The zero-order valence-corrected chi connectivity index (χ0v) is 6.24. The van der Waals surface area contributed by atoms with Crippen molar-refractivity contribution in [3.05, 3.63) is 11.8 Å². The summed E-state index contributed by atoms with van der Waals surface area (Å²) in [6.45, 7) is 1.66. The maximum Gasteiger partial charge on any atom is 0.432 e. The lowest BCUT2D eigenvalue weighted by Crippen LogP contribution is -2.35. The highest BCUT2D eigenvalue weighted by Crippen LogP contribution is 2.29. The average Bonchev–Trinajstić information content (AvgIpc) is 2.08. The summed E-state index contributed by atoms with van der Waals surface area (Å²) >= 11 is 0. The second-order valence-corrected chi connectivity index (χ2v) is 2.53. The first kappa shape index (κ1) is 8.39. The van der Waals surface area contributed by atoms with E-state index in [1.165, 1.54) is 7.05 Å². The van der Waals surface area contributed by atoms with Gasteiger partial charge in [-0.3, -0.25) is 0 Å². The van der Waals surface area contributed by atoms with Crippen LogP contribution in [0.25, 0.3) is 0 Å².